The minimum atomic E-state index is -2.67. The number of benzene rings is 6. The number of imidazole rings is 1. The third kappa shape index (κ3) is 4.23. The van der Waals surface area contributed by atoms with Crippen LogP contribution in [0.5, 0.6) is 0 Å². The molecule has 0 atom stereocenters. The van der Waals surface area contributed by atoms with Gasteiger partial charge in [-0.05, 0) is 45.0 Å². The second-order valence-corrected chi connectivity index (χ2v) is 15.7. The van der Waals surface area contributed by atoms with E-state index in [2.05, 4.69) is 197 Å². The van der Waals surface area contributed by atoms with Crippen LogP contribution in [-0.4, -0.2) is 17.5 Å². The lowest BCUT2D eigenvalue weighted by Gasteiger charge is -2.45. The molecular formula is C43H31N3Si. The molecule has 3 nitrogen and oxygen atoms in total. The molecule has 2 aromatic heterocycles. The highest BCUT2D eigenvalue weighted by Crippen LogP contribution is 2.40. The third-order valence-electron chi connectivity index (χ3n) is 9.47. The van der Waals surface area contributed by atoms with Crippen molar-refractivity contribution >= 4 is 51.5 Å². The van der Waals surface area contributed by atoms with Crippen LogP contribution in [-0.2, 0) is 0 Å². The molecule has 9 rings (SSSR count). The molecule has 0 N–H and O–H groups in total. The average Bonchev–Trinajstić information content (AvgIpc) is 3.54. The zero-order chi connectivity index (χ0) is 31.2. The molecule has 0 spiro atoms. The van der Waals surface area contributed by atoms with Crippen LogP contribution in [0.1, 0.15) is 0 Å². The Morgan fingerprint density at radius 1 is 0.426 bits per heavy atom. The van der Waals surface area contributed by atoms with Crippen molar-refractivity contribution in [3.8, 4) is 22.5 Å². The van der Waals surface area contributed by atoms with Crippen molar-refractivity contribution in [2.45, 2.75) is 0 Å². The zero-order valence-corrected chi connectivity index (χ0v) is 26.7. The maximum Gasteiger partial charge on any atom is 0.184 e. The predicted molar refractivity (Wildman–Crippen MR) is 198 cm³/mol. The topological polar surface area (TPSA) is 20.5 Å². The van der Waals surface area contributed by atoms with E-state index >= 15 is 0 Å². The summed E-state index contributed by atoms with van der Waals surface area (Å²) in [7, 11) is -2.67. The Labute approximate surface area is 275 Å². The number of aromatic nitrogens is 2. The number of anilines is 3. The summed E-state index contributed by atoms with van der Waals surface area (Å²) >= 11 is 0. The Morgan fingerprint density at radius 3 is 1.45 bits per heavy atom. The molecule has 0 unspecified atom stereocenters. The van der Waals surface area contributed by atoms with Gasteiger partial charge in [0.2, 0.25) is 0 Å². The average molecular weight is 618 g/mol. The lowest BCUT2D eigenvalue weighted by molar-refractivity contribution is 1.16. The summed E-state index contributed by atoms with van der Waals surface area (Å²) < 4.78 is 2.27. The van der Waals surface area contributed by atoms with E-state index in [-0.39, 0.29) is 0 Å². The van der Waals surface area contributed by atoms with Gasteiger partial charge in [-0.1, -0.05) is 158 Å². The molecule has 0 amide bonds. The van der Waals surface area contributed by atoms with Gasteiger partial charge in [-0.15, -0.1) is 0 Å². The fourth-order valence-electron chi connectivity index (χ4n) is 7.52. The molecule has 0 radical (unpaired) electrons. The quantitative estimate of drug-likeness (QED) is 0.184. The first-order valence-electron chi connectivity index (χ1n) is 16.1. The van der Waals surface area contributed by atoms with Gasteiger partial charge in [-0.3, -0.25) is 4.40 Å². The van der Waals surface area contributed by atoms with E-state index in [4.69, 9.17) is 4.98 Å². The van der Waals surface area contributed by atoms with E-state index in [1.54, 1.807) is 0 Å². The van der Waals surface area contributed by atoms with E-state index in [9.17, 15) is 0 Å². The number of nitrogens with zero attached hydrogens (tertiary/aromatic N) is 3. The highest BCUT2D eigenvalue weighted by atomic mass is 28.3. The third-order valence-corrected chi connectivity index (χ3v) is 14.3. The van der Waals surface area contributed by atoms with Crippen LogP contribution < -0.4 is 25.6 Å². The number of pyridine rings is 1. The second-order valence-electron chi connectivity index (χ2n) is 12.0. The van der Waals surface area contributed by atoms with Gasteiger partial charge >= 0.3 is 0 Å². The molecule has 0 aliphatic carbocycles. The Kier molecular flexibility index (Phi) is 6.47. The van der Waals surface area contributed by atoms with Gasteiger partial charge in [0.15, 0.2) is 8.07 Å². The summed E-state index contributed by atoms with van der Waals surface area (Å²) in [5.41, 5.74) is 8.75. The molecule has 0 fully saturated rings. The van der Waals surface area contributed by atoms with Gasteiger partial charge in [-0.2, -0.15) is 0 Å². The van der Waals surface area contributed by atoms with Gasteiger partial charge in [0.05, 0.1) is 17.1 Å². The van der Waals surface area contributed by atoms with E-state index in [1.165, 1.54) is 32.1 Å². The number of para-hydroxylation sites is 2. The normalized spacial score (nSPS) is 13.2. The van der Waals surface area contributed by atoms with E-state index in [1.807, 2.05) is 0 Å². The van der Waals surface area contributed by atoms with Gasteiger partial charge in [0, 0.05) is 28.7 Å². The van der Waals surface area contributed by atoms with Gasteiger partial charge in [0.25, 0.3) is 0 Å². The Hall–Kier alpha value is -5.97. The van der Waals surface area contributed by atoms with Gasteiger partial charge in [0.1, 0.15) is 5.65 Å². The monoisotopic (exact) mass is 617 g/mol. The van der Waals surface area contributed by atoms with Crippen molar-refractivity contribution in [2.24, 2.45) is 0 Å². The molecule has 1 aliphatic rings. The van der Waals surface area contributed by atoms with Crippen molar-refractivity contribution < 1.29 is 0 Å². The summed E-state index contributed by atoms with van der Waals surface area (Å²) in [6.45, 7) is 0. The van der Waals surface area contributed by atoms with Crippen molar-refractivity contribution in [1.29, 1.82) is 0 Å². The maximum absolute atomic E-state index is 5.19. The SMILES string of the molecule is c1ccc(-c2nc3ccc(N4c5ccccc5[Si](c5ccccc5)(c5ccccc5)c5ccccc54)cn3c2-c2ccccc2)cc1. The minimum Gasteiger partial charge on any atom is -0.309 e. The van der Waals surface area contributed by atoms with Crippen molar-refractivity contribution in [2.75, 3.05) is 4.90 Å². The number of rotatable bonds is 5. The molecule has 4 heteroatoms. The van der Waals surface area contributed by atoms with Gasteiger partial charge in [-0.25, -0.2) is 4.98 Å². The van der Waals surface area contributed by atoms with Crippen LogP contribution in [0.4, 0.5) is 17.1 Å². The standard InChI is InChI=1S/C43H31N3Si/c1-5-17-32(18-6-1)42-43(33-19-7-2-8-20-33)45-31-34(29-30-41(45)44-42)46-37-25-13-15-27-39(37)47(35-21-9-3-10-22-35,36-23-11-4-12-24-36)40-28-16-14-26-38(40)46/h1-31H. The zero-order valence-electron chi connectivity index (χ0n) is 25.7. The number of hydrogen-bond acceptors (Lipinski definition) is 2. The highest BCUT2D eigenvalue weighted by molar-refractivity contribution is 7.21. The largest absolute Gasteiger partial charge is 0.309 e. The van der Waals surface area contributed by atoms with Crippen LogP contribution in [0.25, 0.3) is 28.2 Å². The fourth-order valence-corrected chi connectivity index (χ4v) is 12.6. The molecule has 0 bridgehead atoms. The number of fused-ring (bicyclic) bond motifs is 3. The smallest absolute Gasteiger partial charge is 0.184 e. The first-order chi connectivity index (χ1) is 23.3. The van der Waals surface area contributed by atoms with E-state index in [0.29, 0.717) is 0 Å². The molecule has 0 saturated heterocycles. The predicted octanol–water partition coefficient (Wildman–Crippen LogP) is 7.83. The summed E-state index contributed by atoms with van der Waals surface area (Å²) in [5, 5.41) is 5.54. The Balaban J connectivity index is 1.33. The molecule has 6 aromatic carbocycles. The van der Waals surface area contributed by atoms with E-state index < -0.39 is 8.07 Å². The van der Waals surface area contributed by atoms with Crippen LogP contribution in [0.3, 0.4) is 0 Å². The molecule has 0 saturated carbocycles. The van der Waals surface area contributed by atoms with Crippen LogP contribution in [0.15, 0.2) is 188 Å². The first-order valence-corrected chi connectivity index (χ1v) is 18.1. The molecule has 8 aromatic rings. The first kappa shape index (κ1) is 27.3. The van der Waals surface area contributed by atoms with E-state index in [0.717, 1.165) is 33.8 Å². The van der Waals surface area contributed by atoms with Crippen LogP contribution in [0.2, 0.25) is 0 Å². The molecule has 47 heavy (non-hydrogen) atoms. The summed E-state index contributed by atoms with van der Waals surface area (Å²) in [5.74, 6) is 0. The van der Waals surface area contributed by atoms with Crippen LogP contribution >= 0.6 is 0 Å². The summed E-state index contributed by atoms with van der Waals surface area (Å²) in [4.78, 5) is 7.64. The molecule has 3 heterocycles. The lowest BCUT2D eigenvalue weighted by Crippen LogP contribution is -2.77. The minimum absolute atomic E-state index is 0.919. The van der Waals surface area contributed by atoms with Gasteiger partial charge < -0.3 is 4.90 Å². The van der Waals surface area contributed by atoms with Crippen molar-refractivity contribution in [3.05, 3.63) is 188 Å². The molecule has 222 valence electrons. The second kappa shape index (κ2) is 11.1. The fraction of sp³-hybridized carbons (Fsp3) is 0. The Morgan fingerprint density at radius 2 is 0.894 bits per heavy atom. The number of hydrogen-bond donors (Lipinski definition) is 0. The molecule has 1 aliphatic heterocycles. The summed E-state index contributed by atoms with van der Waals surface area (Å²) in [6.07, 6.45) is 2.27. The van der Waals surface area contributed by atoms with Crippen molar-refractivity contribution in [1.82, 2.24) is 9.38 Å². The van der Waals surface area contributed by atoms with Crippen molar-refractivity contribution in [3.63, 3.8) is 0 Å². The Bertz CT molecular complexity index is 2260. The highest BCUT2D eigenvalue weighted by Gasteiger charge is 2.48. The van der Waals surface area contributed by atoms with Crippen LogP contribution in [0, 0.1) is 0 Å². The molecular weight excluding hydrogens is 587 g/mol. The lowest BCUT2D eigenvalue weighted by atomic mass is 10.1. The maximum atomic E-state index is 5.19. The summed E-state index contributed by atoms with van der Waals surface area (Å²) in [6, 6.07) is 65.9.